The Balaban J connectivity index is 4.13. The molecule has 4 heteroatoms. The first kappa shape index (κ1) is 17.8. The van der Waals surface area contributed by atoms with Gasteiger partial charge in [-0.05, 0) is 34.1 Å². The van der Waals surface area contributed by atoms with Crippen molar-refractivity contribution in [1.29, 1.82) is 0 Å². The zero-order valence-corrected chi connectivity index (χ0v) is 12.8. The number of hydrogen-bond acceptors (Lipinski definition) is 4. The molecule has 0 saturated heterocycles. The summed E-state index contributed by atoms with van der Waals surface area (Å²) in [4.78, 5) is 0. The molecule has 0 bridgehead atoms. The van der Waals surface area contributed by atoms with Gasteiger partial charge in [0.1, 0.15) is 0 Å². The maximum absolute atomic E-state index is 9.52. The quantitative estimate of drug-likeness (QED) is 0.631. The van der Waals surface area contributed by atoms with Crippen molar-refractivity contribution in [1.82, 2.24) is 5.32 Å². The summed E-state index contributed by atoms with van der Waals surface area (Å²) in [6.07, 6.45) is 0.948. The number of ether oxygens (including phenoxy) is 2. The molecule has 0 radical (unpaired) electrons. The van der Waals surface area contributed by atoms with Gasteiger partial charge in [-0.2, -0.15) is 0 Å². The van der Waals surface area contributed by atoms with E-state index in [0.717, 1.165) is 6.42 Å². The van der Waals surface area contributed by atoms with Crippen LogP contribution in [-0.2, 0) is 9.47 Å². The molecule has 0 aliphatic carbocycles. The van der Waals surface area contributed by atoms with Gasteiger partial charge in [0.2, 0.25) is 0 Å². The average Bonchev–Trinajstić information content (AvgIpc) is 2.24. The van der Waals surface area contributed by atoms with Gasteiger partial charge in [-0.15, -0.1) is 0 Å². The zero-order valence-electron chi connectivity index (χ0n) is 12.8. The molecule has 0 fully saturated rings. The van der Waals surface area contributed by atoms with E-state index in [1.807, 2.05) is 27.7 Å². The first-order valence-electron chi connectivity index (χ1n) is 6.94. The molecule has 0 aromatic heterocycles. The molecule has 0 aromatic rings. The summed E-state index contributed by atoms with van der Waals surface area (Å²) >= 11 is 0. The molecule has 0 rings (SSSR count). The van der Waals surface area contributed by atoms with Crippen LogP contribution in [0.1, 0.15) is 48.0 Å². The number of aliphatic hydroxyl groups excluding tert-OH is 1. The lowest BCUT2D eigenvalue weighted by Crippen LogP contribution is -2.51. The predicted molar refractivity (Wildman–Crippen MR) is 74.9 cm³/mol. The highest BCUT2D eigenvalue weighted by Gasteiger charge is 2.27. The van der Waals surface area contributed by atoms with E-state index in [-0.39, 0.29) is 24.4 Å². The highest BCUT2D eigenvalue weighted by Crippen LogP contribution is 2.16. The van der Waals surface area contributed by atoms with E-state index in [4.69, 9.17) is 9.47 Å². The molecule has 3 unspecified atom stereocenters. The molecule has 4 nitrogen and oxygen atoms in total. The van der Waals surface area contributed by atoms with Crippen molar-refractivity contribution in [2.24, 2.45) is 0 Å². The second-order valence-electron chi connectivity index (χ2n) is 5.64. The number of aliphatic hydroxyl groups is 1. The van der Waals surface area contributed by atoms with E-state index in [9.17, 15) is 5.11 Å². The van der Waals surface area contributed by atoms with Crippen LogP contribution in [0.25, 0.3) is 0 Å². The van der Waals surface area contributed by atoms with Gasteiger partial charge >= 0.3 is 0 Å². The third-order valence-corrected chi connectivity index (χ3v) is 2.75. The molecule has 0 spiro atoms. The molecule has 110 valence electrons. The molecule has 2 N–H and O–H groups in total. The van der Waals surface area contributed by atoms with E-state index in [0.29, 0.717) is 19.3 Å². The zero-order chi connectivity index (χ0) is 14.2. The van der Waals surface area contributed by atoms with E-state index < -0.39 is 0 Å². The monoisotopic (exact) mass is 261 g/mol. The molecule has 0 amide bonds. The molecule has 0 heterocycles. The van der Waals surface area contributed by atoms with E-state index in [2.05, 4.69) is 19.2 Å². The third-order valence-electron chi connectivity index (χ3n) is 2.75. The Morgan fingerprint density at radius 3 is 2.22 bits per heavy atom. The fourth-order valence-electron chi connectivity index (χ4n) is 2.27. The topological polar surface area (TPSA) is 50.7 Å². The maximum atomic E-state index is 9.52. The molecule has 18 heavy (non-hydrogen) atoms. The fraction of sp³-hybridized carbons (Fsp3) is 1.00. The van der Waals surface area contributed by atoms with Gasteiger partial charge in [-0.3, -0.25) is 0 Å². The second kappa shape index (κ2) is 8.86. The Morgan fingerprint density at radius 2 is 1.78 bits per heavy atom. The van der Waals surface area contributed by atoms with Crippen molar-refractivity contribution >= 4 is 0 Å². The first-order valence-corrected chi connectivity index (χ1v) is 6.94. The van der Waals surface area contributed by atoms with Crippen LogP contribution >= 0.6 is 0 Å². The summed E-state index contributed by atoms with van der Waals surface area (Å²) in [5.41, 5.74) is -0.293. The normalized spacial score (nSPS) is 18.7. The van der Waals surface area contributed by atoms with Crippen LogP contribution < -0.4 is 5.32 Å². The van der Waals surface area contributed by atoms with Gasteiger partial charge in [-0.25, -0.2) is 0 Å². The largest absolute Gasteiger partial charge is 0.394 e. The predicted octanol–water partition coefficient (Wildman–Crippen LogP) is 1.96. The van der Waals surface area contributed by atoms with Gasteiger partial charge in [0.15, 0.2) is 0 Å². The summed E-state index contributed by atoms with van der Waals surface area (Å²) in [5.74, 6) is 0. The molecular formula is C14H31NO3. The minimum atomic E-state index is -0.293. The lowest BCUT2D eigenvalue weighted by molar-refractivity contribution is -0.0537. The Morgan fingerprint density at radius 1 is 1.17 bits per heavy atom. The SMILES string of the molecule is CCOCC(C)OC(C)CC(C)(CO)NC(C)C. The van der Waals surface area contributed by atoms with Crippen LogP contribution in [0.4, 0.5) is 0 Å². The smallest absolute Gasteiger partial charge is 0.0784 e. The van der Waals surface area contributed by atoms with Crippen molar-refractivity contribution in [3.63, 3.8) is 0 Å². The highest BCUT2D eigenvalue weighted by atomic mass is 16.5. The van der Waals surface area contributed by atoms with Crippen LogP contribution in [-0.4, -0.2) is 48.7 Å². The van der Waals surface area contributed by atoms with Crippen LogP contribution in [0.5, 0.6) is 0 Å². The minimum absolute atomic E-state index is 0.0851. The van der Waals surface area contributed by atoms with E-state index in [1.54, 1.807) is 0 Å². The Labute approximate surface area is 112 Å². The van der Waals surface area contributed by atoms with Gasteiger partial charge in [0.25, 0.3) is 0 Å². The van der Waals surface area contributed by atoms with Crippen molar-refractivity contribution in [3.05, 3.63) is 0 Å². The van der Waals surface area contributed by atoms with Crippen molar-refractivity contribution in [2.75, 3.05) is 19.8 Å². The average molecular weight is 261 g/mol. The van der Waals surface area contributed by atoms with Crippen molar-refractivity contribution in [2.45, 2.75) is 71.8 Å². The number of rotatable bonds is 10. The van der Waals surface area contributed by atoms with E-state index >= 15 is 0 Å². The minimum Gasteiger partial charge on any atom is -0.394 e. The Kier molecular flexibility index (Phi) is 8.78. The number of nitrogens with one attached hydrogen (secondary N) is 1. The third kappa shape index (κ3) is 8.03. The van der Waals surface area contributed by atoms with Crippen molar-refractivity contribution < 1.29 is 14.6 Å². The van der Waals surface area contributed by atoms with Gasteiger partial charge < -0.3 is 19.9 Å². The molecule has 0 aliphatic heterocycles. The Bertz CT molecular complexity index is 211. The van der Waals surface area contributed by atoms with Gasteiger partial charge in [0.05, 0.1) is 25.4 Å². The summed E-state index contributed by atoms with van der Waals surface area (Å²) in [7, 11) is 0. The van der Waals surface area contributed by atoms with Crippen LogP contribution in [0, 0.1) is 0 Å². The fourth-order valence-corrected chi connectivity index (χ4v) is 2.27. The van der Waals surface area contributed by atoms with Gasteiger partial charge in [0, 0.05) is 18.2 Å². The molecular weight excluding hydrogens is 230 g/mol. The highest BCUT2D eigenvalue weighted by molar-refractivity contribution is 4.86. The molecule has 0 aliphatic rings. The Hall–Kier alpha value is -0.160. The molecule has 0 saturated carbocycles. The summed E-state index contributed by atoms with van der Waals surface area (Å²) in [5, 5.41) is 12.9. The molecule has 3 atom stereocenters. The molecule has 0 aromatic carbocycles. The van der Waals surface area contributed by atoms with Crippen LogP contribution in [0.3, 0.4) is 0 Å². The van der Waals surface area contributed by atoms with Crippen LogP contribution in [0.15, 0.2) is 0 Å². The maximum Gasteiger partial charge on any atom is 0.0784 e. The lowest BCUT2D eigenvalue weighted by Gasteiger charge is -2.34. The van der Waals surface area contributed by atoms with Crippen molar-refractivity contribution in [3.8, 4) is 0 Å². The number of hydrogen-bond donors (Lipinski definition) is 2. The van der Waals surface area contributed by atoms with Gasteiger partial charge in [-0.1, -0.05) is 13.8 Å². The van der Waals surface area contributed by atoms with E-state index in [1.165, 1.54) is 0 Å². The summed E-state index contributed by atoms with van der Waals surface area (Å²) in [6, 6.07) is 0.343. The summed E-state index contributed by atoms with van der Waals surface area (Å²) in [6.45, 7) is 13.7. The second-order valence-corrected chi connectivity index (χ2v) is 5.64. The summed E-state index contributed by atoms with van der Waals surface area (Å²) < 4.78 is 11.2. The first-order chi connectivity index (χ1) is 8.33. The van der Waals surface area contributed by atoms with Crippen LogP contribution in [0.2, 0.25) is 0 Å². The lowest BCUT2D eigenvalue weighted by atomic mass is 9.94. The standard InChI is InChI=1S/C14H31NO3/c1-7-17-9-13(5)18-12(4)8-14(6,10-16)15-11(2)3/h11-13,15-16H,7-10H2,1-6H3.